The fourth-order valence-electron chi connectivity index (χ4n) is 0.729. The maximum Gasteiger partial charge on any atom is 0.235 e. The molecule has 0 aromatic carbocycles. The van der Waals surface area contributed by atoms with Crippen molar-refractivity contribution < 1.29 is 4.79 Å². The normalized spacial score (nSPS) is 22.7. The van der Waals surface area contributed by atoms with Gasteiger partial charge in [-0.3, -0.25) is 10.2 Å². The van der Waals surface area contributed by atoms with Crippen LogP contribution < -0.4 is 10.9 Å². The van der Waals surface area contributed by atoms with Gasteiger partial charge < -0.3 is 0 Å². The van der Waals surface area contributed by atoms with Crippen molar-refractivity contribution in [3.8, 4) is 0 Å². The van der Waals surface area contributed by atoms with Gasteiger partial charge in [-0.15, -0.1) is 12.4 Å². The molecule has 1 aliphatic rings. The van der Waals surface area contributed by atoms with Crippen LogP contribution in [0.25, 0.3) is 0 Å². The molecule has 0 spiro atoms. The summed E-state index contributed by atoms with van der Waals surface area (Å²) in [7, 11) is 0. The van der Waals surface area contributed by atoms with Gasteiger partial charge in [0.2, 0.25) is 5.91 Å². The molecule has 1 heterocycles. The van der Waals surface area contributed by atoms with Crippen LogP contribution in [0, 0.1) is 0 Å². The minimum absolute atomic E-state index is 0. The third-order valence-electron chi connectivity index (χ3n) is 1.14. The number of hydrogen-bond acceptors (Lipinski definition) is 2. The lowest BCUT2D eigenvalue weighted by molar-refractivity contribution is -0.119. The van der Waals surface area contributed by atoms with E-state index in [9.17, 15) is 4.79 Å². The Hall–Kier alpha value is -0.280. The molecular formula is C5H11ClN2O. The van der Waals surface area contributed by atoms with Crippen molar-refractivity contribution in [3.63, 3.8) is 0 Å². The third kappa shape index (κ3) is 2.20. The van der Waals surface area contributed by atoms with Crippen LogP contribution in [-0.4, -0.2) is 11.4 Å². The second-order valence-corrected chi connectivity index (χ2v) is 2.73. The van der Waals surface area contributed by atoms with Gasteiger partial charge >= 0.3 is 0 Å². The van der Waals surface area contributed by atoms with Crippen molar-refractivity contribution in [2.75, 3.05) is 0 Å². The summed E-state index contributed by atoms with van der Waals surface area (Å²) in [5.74, 6) is 0.0787. The first-order valence-corrected chi connectivity index (χ1v) is 2.66. The fraction of sp³-hybridized carbons (Fsp3) is 0.800. The molecule has 0 atom stereocenters. The topological polar surface area (TPSA) is 41.1 Å². The molecule has 0 saturated carbocycles. The quantitative estimate of drug-likeness (QED) is 0.519. The number of amides is 1. The second-order valence-electron chi connectivity index (χ2n) is 2.73. The first kappa shape index (κ1) is 8.72. The number of halogens is 1. The van der Waals surface area contributed by atoms with Gasteiger partial charge in [0.15, 0.2) is 0 Å². The van der Waals surface area contributed by atoms with Crippen molar-refractivity contribution in [2.45, 2.75) is 25.8 Å². The highest BCUT2D eigenvalue weighted by atomic mass is 35.5. The van der Waals surface area contributed by atoms with Gasteiger partial charge in [0.25, 0.3) is 0 Å². The largest absolute Gasteiger partial charge is 0.291 e. The number of rotatable bonds is 0. The molecule has 1 fully saturated rings. The summed E-state index contributed by atoms with van der Waals surface area (Å²) in [4.78, 5) is 10.5. The van der Waals surface area contributed by atoms with Gasteiger partial charge in [0.1, 0.15) is 0 Å². The van der Waals surface area contributed by atoms with Gasteiger partial charge in [-0.1, -0.05) is 0 Å². The molecule has 0 aromatic rings. The highest BCUT2D eigenvalue weighted by Gasteiger charge is 2.27. The molecule has 9 heavy (non-hydrogen) atoms. The number of carbonyl (C=O) groups excluding carboxylic acids is 1. The van der Waals surface area contributed by atoms with Crippen molar-refractivity contribution in [1.82, 2.24) is 10.9 Å². The average Bonchev–Trinajstić information content (AvgIpc) is 1.82. The van der Waals surface area contributed by atoms with Crippen molar-refractivity contribution in [3.05, 3.63) is 0 Å². The Morgan fingerprint density at radius 1 is 1.56 bits per heavy atom. The summed E-state index contributed by atoms with van der Waals surface area (Å²) in [5.41, 5.74) is 5.32. The second kappa shape index (κ2) is 2.54. The Labute approximate surface area is 60.6 Å². The zero-order valence-corrected chi connectivity index (χ0v) is 6.34. The van der Waals surface area contributed by atoms with E-state index < -0.39 is 0 Å². The Bertz CT molecular complexity index is 124. The van der Waals surface area contributed by atoms with E-state index in [2.05, 4.69) is 10.9 Å². The fourth-order valence-corrected chi connectivity index (χ4v) is 0.729. The van der Waals surface area contributed by atoms with Crippen LogP contribution in [-0.2, 0) is 4.79 Å². The summed E-state index contributed by atoms with van der Waals surface area (Å²) in [6.45, 7) is 3.95. The molecule has 1 saturated heterocycles. The van der Waals surface area contributed by atoms with E-state index in [1.54, 1.807) is 0 Å². The number of hydrazine groups is 1. The van der Waals surface area contributed by atoms with Gasteiger partial charge in [0, 0.05) is 12.0 Å². The van der Waals surface area contributed by atoms with Crippen LogP contribution in [0.5, 0.6) is 0 Å². The smallest absolute Gasteiger partial charge is 0.235 e. The molecule has 4 heteroatoms. The van der Waals surface area contributed by atoms with E-state index >= 15 is 0 Å². The molecule has 1 aliphatic heterocycles. The molecule has 0 radical (unpaired) electrons. The van der Waals surface area contributed by atoms with Crippen molar-refractivity contribution in [1.29, 1.82) is 0 Å². The molecule has 0 unspecified atom stereocenters. The van der Waals surface area contributed by atoms with Crippen LogP contribution in [0.2, 0.25) is 0 Å². The number of nitrogens with one attached hydrogen (secondary N) is 2. The first-order chi connectivity index (χ1) is 3.60. The lowest BCUT2D eigenvalue weighted by atomic mass is 10.0. The SMILES string of the molecule is CC1(C)CC(=O)NN1.Cl. The lowest BCUT2D eigenvalue weighted by Gasteiger charge is -2.12. The molecule has 2 N–H and O–H groups in total. The van der Waals surface area contributed by atoms with Crippen LogP contribution in [0.3, 0.4) is 0 Å². The van der Waals surface area contributed by atoms with Crippen LogP contribution in [0.1, 0.15) is 20.3 Å². The summed E-state index contributed by atoms with van der Waals surface area (Å²) in [6.07, 6.45) is 0.576. The van der Waals surface area contributed by atoms with Gasteiger partial charge in [-0.2, -0.15) is 0 Å². The summed E-state index contributed by atoms with van der Waals surface area (Å²) in [6, 6.07) is 0. The average molecular weight is 151 g/mol. The third-order valence-corrected chi connectivity index (χ3v) is 1.14. The maximum atomic E-state index is 10.5. The number of carbonyl (C=O) groups is 1. The Kier molecular flexibility index (Phi) is 2.46. The lowest BCUT2D eigenvalue weighted by Crippen LogP contribution is -2.38. The highest BCUT2D eigenvalue weighted by Crippen LogP contribution is 2.10. The zero-order valence-electron chi connectivity index (χ0n) is 5.52. The molecule has 3 nitrogen and oxygen atoms in total. The summed E-state index contributed by atoms with van der Waals surface area (Å²) < 4.78 is 0. The standard InChI is InChI=1S/C5H10N2O.ClH/c1-5(2)3-4(8)6-7-5;/h7H,3H2,1-2H3,(H,6,8);1H. The molecule has 1 rings (SSSR count). The molecular weight excluding hydrogens is 140 g/mol. The van der Waals surface area contributed by atoms with E-state index in [-0.39, 0.29) is 23.9 Å². The summed E-state index contributed by atoms with van der Waals surface area (Å²) in [5, 5.41) is 0. The Morgan fingerprint density at radius 3 is 2.22 bits per heavy atom. The Balaban J connectivity index is 0.000000640. The molecule has 54 valence electrons. The monoisotopic (exact) mass is 150 g/mol. The van der Waals surface area contributed by atoms with E-state index in [4.69, 9.17) is 0 Å². The predicted molar refractivity (Wildman–Crippen MR) is 37.2 cm³/mol. The Morgan fingerprint density at radius 2 is 2.11 bits per heavy atom. The van der Waals surface area contributed by atoms with Crippen molar-refractivity contribution in [2.24, 2.45) is 0 Å². The zero-order chi connectivity index (χ0) is 6.20. The van der Waals surface area contributed by atoms with Gasteiger partial charge in [0.05, 0.1) is 0 Å². The van der Waals surface area contributed by atoms with E-state index in [1.165, 1.54) is 0 Å². The van der Waals surface area contributed by atoms with Crippen molar-refractivity contribution >= 4 is 18.3 Å². The molecule has 1 amide bonds. The molecule has 0 bridgehead atoms. The minimum atomic E-state index is -0.0446. The minimum Gasteiger partial charge on any atom is -0.291 e. The predicted octanol–water partition coefficient (Wildman–Crippen LogP) is 0.211. The van der Waals surface area contributed by atoms with E-state index in [0.29, 0.717) is 6.42 Å². The van der Waals surface area contributed by atoms with E-state index in [0.717, 1.165) is 0 Å². The van der Waals surface area contributed by atoms with Crippen LogP contribution in [0.4, 0.5) is 0 Å². The van der Waals surface area contributed by atoms with E-state index in [1.807, 2.05) is 13.8 Å². The van der Waals surface area contributed by atoms with Gasteiger partial charge in [-0.25, -0.2) is 5.43 Å². The van der Waals surface area contributed by atoms with Crippen LogP contribution >= 0.6 is 12.4 Å². The first-order valence-electron chi connectivity index (χ1n) is 2.66. The molecule has 0 aromatic heterocycles. The summed E-state index contributed by atoms with van der Waals surface area (Å²) >= 11 is 0. The maximum absolute atomic E-state index is 10.5. The number of hydrogen-bond donors (Lipinski definition) is 2. The van der Waals surface area contributed by atoms with Gasteiger partial charge in [-0.05, 0) is 13.8 Å². The van der Waals surface area contributed by atoms with Crippen LogP contribution in [0.15, 0.2) is 0 Å². The highest BCUT2D eigenvalue weighted by molar-refractivity contribution is 5.85. The molecule has 0 aliphatic carbocycles.